The highest BCUT2D eigenvalue weighted by atomic mass is 32.2. The van der Waals surface area contributed by atoms with Crippen LogP contribution in [-0.4, -0.2) is 31.3 Å². The van der Waals surface area contributed by atoms with E-state index >= 15 is 0 Å². The Bertz CT molecular complexity index is 636. The van der Waals surface area contributed by atoms with Crippen LogP contribution in [0.5, 0.6) is 0 Å². The molecule has 1 heterocycles. The molecule has 98 valence electrons. The summed E-state index contributed by atoms with van der Waals surface area (Å²) in [5.41, 5.74) is 1.21. The highest BCUT2D eigenvalue weighted by molar-refractivity contribution is 7.99. The van der Waals surface area contributed by atoms with Crippen molar-refractivity contribution in [2.75, 3.05) is 0 Å². The first-order chi connectivity index (χ1) is 9.15. The minimum atomic E-state index is -0.914. The molecule has 1 fully saturated rings. The molecule has 0 spiro atoms. The van der Waals surface area contributed by atoms with Crippen LogP contribution in [0.15, 0.2) is 28.3 Å². The van der Waals surface area contributed by atoms with Gasteiger partial charge in [0.25, 0.3) is 0 Å². The van der Waals surface area contributed by atoms with E-state index in [4.69, 9.17) is 5.11 Å². The number of carboxylic acid groups (broad SMARTS) is 1. The molecule has 19 heavy (non-hydrogen) atoms. The maximum absolute atomic E-state index is 10.9. The van der Waals surface area contributed by atoms with Gasteiger partial charge in [-0.3, -0.25) is 0 Å². The molecule has 0 amide bonds. The first kappa shape index (κ1) is 12.2. The summed E-state index contributed by atoms with van der Waals surface area (Å²) in [7, 11) is 0. The second-order valence-corrected chi connectivity index (χ2v) is 5.53. The van der Waals surface area contributed by atoms with Gasteiger partial charge in [0.1, 0.15) is 0 Å². The third kappa shape index (κ3) is 2.46. The minimum Gasteiger partial charge on any atom is -0.478 e. The van der Waals surface area contributed by atoms with Crippen LogP contribution in [-0.2, 0) is 0 Å². The minimum absolute atomic E-state index is 0.295. The average molecular weight is 276 g/mol. The number of hydrogen-bond acceptors (Lipinski definition) is 5. The molecule has 1 aromatic carbocycles. The number of carboxylic acids is 1. The van der Waals surface area contributed by atoms with Crippen molar-refractivity contribution in [3.63, 3.8) is 0 Å². The number of tetrazole rings is 1. The molecule has 2 aromatic rings. The molecule has 0 bridgehead atoms. The summed E-state index contributed by atoms with van der Waals surface area (Å²) in [6.07, 6.45) is 2.24. The zero-order valence-corrected chi connectivity index (χ0v) is 11.1. The topological polar surface area (TPSA) is 80.9 Å². The van der Waals surface area contributed by atoms with E-state index < -0.39 is 5.97 Å². The molecule has 7 heteroatoms. The van der Waals surface area contributed by atoms with Gasteiger partial charge < -0.3 is 5.11 Å². The van der Waals surface area contributed by atoms with Gasteiger partial charge >= 0.3 is 5.97 Å². The van der Waals surface area contributed by atoms with Gasteiger partial charge in [-0.25, -0.2) is 9.48 Å². The summed E-state index contributed by atoms with van der Waals surface area (Å²) in [6.45, 7) is 1.89. The Morgan fingerprint density at radius 3 is 2.89 bits per heavy atom. The van der Waals surface area contributed by atoms with Crippen LogP contribution in [0.1, 0.15) is 34.8 Å². The molecule has 6 nitrogen and oxygen atoms in total. The van der Waals surface area contributed by atoms with E-state index in [-0.39, 0.29) is 0 Å². The van der Waals surface area contributed by atoms with E-state index in [9.17, 15) is 4.79 Å². The molecule has 0 aliphatic heterocycles. The largest absolute Gasteiger partial charge is 0.478 e. The molecule has 0 radical (unpaired) electrons. The predicted molar refractivity (Wildman–Crippen MR) is 68.3 cm³/mol. The van der Waals surface area contributed by atoms with E-state index in [1.807, 2.05) is 11.6 Å². The summed E-state index contributed by atoms with van der Waals surface area (Å²) in [5.74, 6) is -0.914. The van der Waals surface area contributed by atoms with E-state index in [1.54, 1.807) is 18.2 Å². The standard InChI is InChI=1S/C12H12N4O2S/c1-7-6-8(11(17)18)2-5-10(7)19-12-13-14-15-16(12)9-3-4-9/h2,5-6,9H,3-4H2,1H3,(H,17,18). The van der Waals surface area contributed by atoms with Crippen LogP contribution >= 0.6 is 11.8 Å². The van der Waals surface area contributed by atoms with E-state index in [1.165, 1.54) is 11.8 Å². The lowest BCUT2D eigenvalue weighted by Crippen LogP contribution is -1.99. The Morgan fingerprint density at radius 2 is 2.26 bits per heavy atom. The molecule has 1 aliphatic rings. The summed E-state index contributed by atoms with van der Waals surface area (Å²) >= 11 is 1.47. The lowest BCUT2D eigenvalue weighted by Gasteiger charge is -2.06. The molecule has 0 unspecified atom stereocenters. The summed E-state index contributed by atoms with van der Waals surface area (Å²) in [4.78, 5) is 11.9. The Hall–Kier alpha value is -1.89. The van der Waals surface area contributed by atoms with Crippen LogP contribution in [0, 0.1) is 6.92 Å². The van der Waals surface area contributed by atoms with Gasteiger partial charge in [0.2, 0.25) is 5.16 Å². The van der Waals surface area contributed by atoms with Crippen molar-refractivity contribution < 1.29 is 9.90 Å². The van der Waals surface area contributed by atoms with Crippen LogP contribution in [0.2, 0.25) is 0 Å². The van der Waals surface area contributed by atoms with Crippen LogP contribution in [0.4, 0.5) is 0 Å². The Labute approximate surface area is 113 Å². The van der Waals surface area contributed by atoms with E-state index in [0.717, 1.165) is 28.5 Å². The van der Waals surface area contributed by atoms with Gasteiger partial charge in [0, 0.05) is 4.90 Å². The fourth-order valence-electron chi connectivity index (χ4n) is 1.80. The Balaban J connectivity index is 1.86. The first-order valence-corrected chi connectivity index (χ1v) is 6.76. The molecule has 1 saturated carbocycles. The van der Waals surface area contributed by atoms with Crippen molar-refractivity contribution in [1.29, 1.82) is 0 Å². The van der Waals surface area contributed by atoms with Gasteiger partial charge in [-0.1, -0.05) is 0 Å². The first-order valence-electron chi connectivity index (χ1n) is 5.95. The van der Waals surface area contributed by atoms with E-state index in [2.05, 4.69) is 15.5 Å². The number of nitrogens with zero attached hydrogens (tertiary/aromatic N) is 4. The number of rotatable bonds is 4. The van der Waals surface area contributed by atoms with Crippen molar-refractivity contribution in [2.24, 2.45) is 0 Å². The normalized spacial score (nSPS) is 14.6. The number of aryl methyl sites for hydroxylation is 1. The van der Waals surface area contributed by atoms with Gasteiger partial charge in [-0.2, -0.15) is 0 Å². The Kier molecular flexibility index (Phi) is 2.98. The number of hydrogen-bond donors (Lipinski definition) is 1. The van der Waals surface area contributed by atoms with Crippen molar-refractivity contribution >= 4 is 17.7 Å². The van der Waals surface area contributed by atoms with Crippen LogP contribution < -0.4 is 0 Å². The second kappa shape index (κ2) is 4.65. The predicted octanol–water partition coefficient (Wildman–Crippen LogP) is 2.17. The van der Waals surface area contributed by atoms with E-state index in [0.29, 0.717) is 11.6 Å². The highest BCUT2D eigenvalue weighted by Crippen LogP contribution is 2.38. The quantitative estimate of drug-likeness (QED) is 0.921. The van der Waals surface area contributed by atoms with Gasteiger partial charge in [0.05, 0.1) is 11.6 Å². The van der Waals surface area contributed by atoms with Crippen molar-refractivity contribution in [3.8, 4) is 0 Å². The zero-order valence-electron chi connectivity index (χ0n) is 10.3. The second-order valence-electron chi connectivity index (χ2n) is 4.52. The summed E-state index contributed by atoms with van der Waals surface area (Å²) in [5, 5.41) is 21.4. The maximum Gasteiger partial charge on any atom is 0.335 e. The summed E-state index contributed by atoms with van der Waals surface area (Å²) < 4.78 is 1.84. The van der Waals surface area contributed by atoms with Crippen LogP contribution in [0.25, 0.3) is 0 Å². The average Bonchev–Trinajstić information content (AvgIpc) is 3.12. The smallest absolute Gasteiger partial charge is 0.335 e. The fraction of sp³-hybridized carbons (Fsp3) is 0.333. The SMILES string of the molecule is Cc1cc(C(=O)O)ccc1Sc1nnnn1C1CC1. The van der Waals surface area contributed by atoms with Crippen LogP contribution in [0.3, 0.4) is 0 Å². The maximum atomic E-state index is 10.9. The number of benzene rings is 1. The molecular weight excluding hydrogens is 264 g/mol. The lowest BCUT2D eigenvalue weighted by atomic mass is 10.1. The third-order valence-electron chi connectivity index (χ3n) is 2.98. The highest BCUT2D eigenvalue weighted by Gasteiger charge is 2.28. The molecule has 1 aromatic heterocycles. The lowest BCUT2D eigenvalue weighted by molar-refractivity contribution is 0.0696. The fourth-order valence-corrected chi connectivity index (χ4v) is 2.71. The van der Waals surface area contributed by atoms with Gasteiger partial charge in [0.15, 0.2) is 0 Å². The summed E-state index contributed by atoms with van der Waals surface area (Å²) in [6, 6.07) is 5.49. The molecule has 0 atom stereocenters. The van der Waals surface area contributed by atoms with Crippen molar-refractivity contribution in [2.45, 2.75) is 35.9 Å². The Morgan fingerprint density at radius 1 is 1.47 bits per heavy atom. The molecular formula is C12H12N4O2S. The number of aromatic nitrogens is 4. The van der Waals surface area contributed by atoms with Gasteiger partial charge in [-0.05, 0) is 65.7 Å². The zero-order chi connectivity index (χ0) is 13.4. The van der Waals surface area contributed by atoms with Crippen molar-refractivity contribution in [1.82, 2.24) is 20.2 Å². The monoisotopic (exact) mass is 276 g/mol. The molecule has 1 N–H and O–H groups in total. The van der Waals surface area contributed by atoms with Crippen molar-refractivity contribution in [3.05, 3.63) is 29.3 Å². The third-order valence-corrected chi connectivity index (χ3v) is 4.11. The van der Waals surface area contributed by atoms with Gasteiger partial charge in [-0.15, -0.1) is 5.10 Å². The molecule has 1 aliphatic carbocycles. The molecule has 3 rings (SSSR count). The number of aromatic carboxylic acids is 1. The molecule has 0 saturated heterocycles. The number of carbonyl (C=O) groups is 1.